The summed E-state index contributed by atoms with van der Waals surface area (Å²) in [6.07, 6.45) is 4.12. The van der Waals surface area contributed by atoms with Crippen LogP contribution in [0.15, 0.2) is 42.5 Å². The number of fused-ring (bicyclic) bond motifs is 1. The Labute approximate surface area is 152 Å². The molecule has 2 aromatic rings. The van der Waals surface area contributed by atoms with E-state index in [9.17, 15) is 9.59 Å². The van der Waals surface area contributed by atoms with Gasteiger partial charge in [-0.1, -0.05) is 12.1 Å². The van der Waals surface area contributed by atoms with E-state index in [4.69, 9.17) is 9.47 Å². The van der Waals surface area contributed by atoms with Crippen molar-refractivity contribution < 1.29 is 19.1 Å². The normalized spacial score (nSPS) is 15.4. The second kappa shape index (κ2) is 7.44. The highest BCUT2D eigenvalue weighted by Gasteiger charge is 2.21. The summed E-state index contributed by atoms with van der Waals surface area (Å²) < 4.78 is 11.2. The number of rotatable bonds is 5. The Morgan fingerprint density at radius 2 is 2.08 bits per heavy atom. The number of carbonyl (C=O) groups is 2. The SMILES string of the molecule is COc1cc2c(cc1C=CC(=O)Nc1cccc(C(C)=O)c1)OC(C)C2. The smallest absolute Gasteiger partial charge is 0.248 e. The van der Waals surface area contributed by atoms with Crippen LogP contribution >= 0.6 is 0 Å². The second-order valence-corrected chi connectivity index (χ2v) is 6.29. The molecule has 1 aliphatic rings. The summed E-state index contributed by atoms with van der Waals surface area (Å²) in [5.41, 5.74) is 3.01. The second-order valence-electron chi connectivity index (χ2n) is 6.29. The predicted molar refractivity (Wildman–Crippen MR) is 101 cm³/mol. The molecule has 1 aliphatic heterocycles. The molecular weight excluding hydrogens is 330 g/mol. The van der Waals surface area contributed by atoms with E-state index in [1.807, 2.05) is 19.1 Å². The Bertz CT molecular complexity index is 886. The number of hydrogen-bond donors (Lipinski definition) is 1. The molecule has 0 saturated heterocycles. The van der Waals surface area contributed by atoms with Crippen LogP contribution in [0.3, 0.4) is 0 Å². The van der Waals surface area contributed by atoms with Crippen molar-refractivity contribution in [2.24, 2.45) is 0 Å². The van der Waals surface area contributed by atoms with E-state index in [1.54, 1.807) is 37.5 Å². The molecule has 2 aromatic carbocycles. The lowest BCUT2D eigenvalue weighted by Gasteiger charge is -2.08. The fourth-order valence-electron chi connectivity index (χ4n) is 2.93. The van der Waals surface area contributed by atoms with E-state index in [0.717, 1.165) is 23.3 Å². The minimum atomic E-state index is -0.289. The van der Waals surface area contributed by atoms with Gasteiger partial charge >= 0.3 is 0 Å². The number of hydrogen-bond acceptors (Lipinski definition) is 4. The lowest BCUT2D eigenvalue weighted by Crippen LogP contribution is -2.08. The third kappa shape index (κ3) is 3.94. The van der Waals surface area contributed by atoms with Gasteiger partial charge in [0.05, 0.1) is 7.11 Å². The van der Waals surface area contributed by atoms with Crippen LogP contribution in [0.4, 0.5) is 5.69 Å². The Morgan fingerprint density at radius 3 is 2.81 bits per heavy atom. The Kier molecular flexibility index (Phi) is 5.07. The number of amides is 1. The summed E-state index contributed by atoms with van der Waals surface area (Å²) >= 11 is 0. The molecule has 1 amide bonds. The average Bonchev–Trinajstić information content (AvgIpc) is 2.98. The van der Waals surface area contributed by atoms with Crippen LogP contribution in [0.2, 0.25) is 0 Å². The summed E-state index contributed by atoms with van der Waals surface area (Å²) in [6, 6.07) is 10.7. The van der Waals surface area contributed by atoms with Gasteiger partial charge < -0.3 is 14.8 Å². The van der Waals surface area contributed by atoms with Crippen molar-refractivity contribution in [2.75, 3.05) is 12.4 Å². The van der Waals surface area contributed by atoms with Crippen molar-refractivity contribution in [3.05, 3.63) is 59.2 Å². The van der Waals surface area contributed by atoms with E-state index in [2.05, 4.69) is 5.32 Å². The van der Waals surface area contributed by atoms with Gasteiger partial charge in [0, 0.05) is 34.9 Å². The summed E-state index contributed by atoms with van der Waals surface area (Å²) in [5, 5.41) is 2.75. The van der Waals surface area contributed by atoms with Gasteiger partial charge in [-0.05, 0) is 44.2 Å². The fraction of sp³-hybridized carbons (Fsp3) is 0.238. The van der Waals surface area contributed by atoms with Gasteiger partial charge in [0.2, 0.25) is 5.91 Å². The van der Waals surface area contributed by atoms with Crippen molar-refractivity contribution in [3.63, 3.8) is 0 Å². The Hall–Kier alpha value is -3.08. The van der Waals surface area contributed by atoms with Crippen LogP contribution in [0.5, 0.6) is 11.5 Å². The zero-order valence-corrected chi connectivity index (χ0v) is 15.0. The minimum absolute atomic E-state index is 0.0475. The quantitative estimate of drug-likeness (QED) is 0.656. The topological polar surface area (TPSA) is 64.6 Å². The number of ether oxygens (including phenoxy) is 2. The molecule has 0 bridgehead atoms. The monoisotopic (exact) mass is 351 g/mol. The first kappa shape index (κ1) is 17.7. The highest BCUT2D eigenvalue weighted by Crippen LogP contribution is 2.35. The fourth-order valence-corrected chi connectivity index (χ4v) is 2.93. The average molecular weight is 351 g/mol. The van der Waals surface area contributed by atoms with E-state index >= 15 is 0 Å². The van der Waals surface area contributed by atoms with Gasteiger partial charge in [-0.25, -0.2) is 0 Å². The molecule has 1 unspecified atom stereocenters. The number of anilines is 1. The van der Waals surface area contributed by atoms with Crippen LogP contribution in [0.1, 0.15) is 35.3 Å². The van der Waals surface area contributed by atoms with E-state index in [0.29, 0.717) is 17.0 Å². The van der Waals surface area contributed by atoms with E-state index in [-0.39, 0.29) is 17.8 Å². The molecule has 1 heterocycles. The first-order chi connectivity index (χ1) is 12.5. The molecular formula is C21H21NO4. The lowest BCUT2D eigenvalue weighted by atomic mass is 10.1. The molecule has 0 radical (unpaired) electrons. The minimum Gasteiger partial charge on any atom is -0.496 e. The standard InChI is InChI=1S/C21H21NO4/c1-13-9-17-12-19(25-3)16(11-20(17)26-13)7-8-21(24)22-18-6-4-5-15(10-18)14(2)23/h4-8,10-13H,9H2,1-3H3,(H,22,24). The van der Waals surface area contributed by atoms with Crippen LogP contribution in [-0.2, 0) is 11.2 Å². The third-order valence-electron chi connectivity index (χ3n) is 4.20. The Balaban J connectivity index is 1.75. The Morgan fingerprint density at radius 1 is 1.27 bits per heavy atom. The van der Waals surface area contributed by atoms with Gasteiger partial charge in [-0.3, -0.25) is 9.59 Å². The number of ketones is 1. The molecule has 26 heavy (non-hydrogen) atoms. The molecule has 5 heteroatoms. The molecule has 0 spiro atoms. The molecule has 1 atom stereocenters. The molecule has 3 rings (SSSR count). The van der Waals surface area contributed by atoms with Gasteiger partial charge in [0.25, 0.3) is 0 Å². The van der Waals surface area contributed by atoms with Crippen LogP contribution in [0.25, 0.3) is 6.08 Å². The maximum absolute atomic E-state index is 12.2. The van der Waals surface area contributed by atoms with Crippen molar-refractivity contribution in [2.45, 2.75) is 26.4 Å². The molecule has 5 nitrogen and oxygen atoms in total. The van der Waals surface area contributed by atoms with Crippen LogP contribution < -0.4 is 14.8 Å². The maximum Gasteiger partial charge on any atom is 0.248 e. The van der Waals surface area contributed by atoms with Crippen molar-refractivity contribution in [1.82, 2.24) is 0 Å². The van der Waals surface area contributed by atoms with Crippen molar-refractivity contribution in [3.8, 4) is 11.5 Å². The first-order valence-electron chi connectivity index (χ1n) is 8.44. The number of Topliss-reactive ketones (excluding diaryl/α,β-unsaturated/α-hetero) is 1. The molecule has 0 aromatic heterocycles. The van der Waals surface area contributed by atoms with E-state index in [1.165, 1.54) is 13.0 Å². The highest BCUT2D eigenvalue weighted by molar-refractivity contribution is 6.03. The maximum atomic E-state index is 12.2. The van der Waals surface area contributed by atoms with Crippen LogP contribution in [0, 0.1) is 0 Å². The lowest BCUT2D eigenvalue weighted by molar-refractivity contribution is -0.111. The van der Waals surface area contributed by atoms with Crippen molar-refractivity contribution in [1.29, 1.82) is 0 Å². The number of nitrogens with one attached hydrogen (secondary N) is 1. The summed E-state index contributed by atoms with van der Waals surface area (Å²) in [6.45, 7) is 3.51. The van der Waals surface area contributed by atoms with Crippen LogP contribution in [-0.4, -0.2) is 24.9 Å². The van der Waals surface area contributed by atoms with Gasteiger partial charge in [-0.2, -0.15) is 0 Å². The van der Waals surface area contributed by atoms with Gasteiger partial charge in [0.15, 0.2) is 5.78 Å². The summed E-state index contributed by atoms with van der Waals surface area (Å²) in [7, 11) is 1.60. The zero-order valence-electron chi connectivity index (χ0n) is 15.0. The number of benzene rings is 2. The summed E-state index contributed by atoms with van der Waals surface area (Å²) in [4.78, 5) is 23.6. The third-order valence-corrected chi connectivity index (χ3v) is 4.20. The largest absolute Gasteiger partial charge is 0.496 e. The summed E-state index contributed by atoms with van der Waals surface area (Å²) in [5.74, 6) is 1.19. The van der Waals surface area contributed by atoms with E-state index < -0.39 is 0 Å². The molecule has 0 aliphatic carbocycles. The highest BCUT2D eigenvalue weighted by atomic mass is 16.5. The number of carbonyl (C=O) groups excluding carboxylic acids is 2. The zero-order chi connectivity index (χ0) is 18.7. The van der Waals surface area contributed by atoms with Crippen molar-refractivity contribution >= 4 is 23.5 Å². The molecule has 0 fully saturated rings. The predicted octanol–water partition coefficient (Wildman–Crippen LogP) is 3.87. The number of methoxy groups -OCH3 is 1. The molecule has 1 N–H and O–H groups in total. The molecule has 134 valence electrons. The molecule has 0 saturated carbocycles. The first-order valence-corrected chi connectivity index (χ1v) is 8.44. The van der Waals surface area contributed by atoms with Gasteiger partial charge in [-0.15, -0.1) is 0 Å². The van der Waals surface area contributed by atoms with Gasteiger partial charge in [0.1, 0.15) is 17.6 Å².